The van der Waals surface area contributed by atoms with Gasteiger partial charge >= 0.3 is 0 Å². The first-order chi connectivity index (χ1) is 9.70. The predicted octanol–water partition coefficient (Wildman–Crippen LogP) is 3.57. The third-order valence-electron chi connectivity index (χ3n) is 2.72. The summed E-state index contributed by atoms with van der Waals surface area (Å²) in [7, 11) is 0. The number of nitrogens with one attached hydrogen (secondary N) is 2. The third-order valence-corrected chi connectivity index (χ3v) is 2.95. The minimum absolute atomic E-state index is 0.511. The lowest BCUT2D eigenvalue weighted by Crippen LogP contribution is -1.97. The highest BCUT2D eigenvalue weighted by Gasteiger charge is 2.05. The topological polar surface area (TPSA) is 66.5 Å². The molecular weight excluding hydrogens is 274 g/mol. The molecule has 0 bridgehead atoms. The summed E-state index contributed by atoms with van der Waals surface area (Å²) in [6, 6.07) is 9.24. The van der Waals surface area contributed by atoms with Gasteiger partial charge in [-0.1, -0.05) is 17.7 Å². The average Bonchev–Trinajstić information content (AvgIpc) is 2.86. The minimum Gasteiger partial charge on any atom is -0.341 e. The van der Waals surface area contributed by atoms with Gasteiger partial charge in [-0.05, 0) is 31.2 Å². The lowest BCUT2D eigenvalue weighted by Gasteiger charge is -2.06. The van der Waals surface area contributed by atoms with Gasteiger partial charge in [0.2, 0.25) is 5.95 Å². The van der Waals surface area contributed by atoms with E-state index in [0.29, 0.717) is 11.0 Å². The molecule has 0 aliphatic heterocycles. The lowest BCUT2D eigenvalue weighted by atomic mass is 10.3. The van der Waals surface area contributed by atoms with E-state index in [2.05, 4.69) is 25.3 Å². The van der Waals surface area contributed by atoms with Crippen molar-refractivity contribution in [3.63, 3.8) is 0 Å². The van der Waals surface area contributed by atoms with Crippen LogP contribution in [0.2, 0.25) is 5.02 Å². The highest BCUT2D eigenvalue weighted by molar-refractivity contribution is 6.30. The predicted molar refractivity (Wildman–Crippen MR) is 79.1 cm³/mol. The summed E-state index contributed by atoms with van der Waals surface area (Å²) in [5.74, 6) is 1.36. The van der Waals surface area contributed by atoms with Crippen molar-refractivity contribution in [1.82, 2.24) is 19.9 Å². The van der Waals surface area contributed by atoms with Gasteiger partial charge in [0.1, 0.15) is 5.82 Å². The summed E-state index contributed by atoms with van der Waals surface area (Å²) in [6.45, 7) is 1.90. The highest BCUT2D eigenvalue weighted by Crippen LogP contribution is 2.20. The monoisotopic (exact) mass is 285 g/mol. The molecule has 0 fully saturated rings. The molecule has 20 heavy (non-hydrogen) atoms. The molecule has 0 spiro atoms. The van der Waals surface area contributed by atoms with Gasteiger partial charge in [-0.25, -0.2) is 15.0 Å². The Bertz CT molecular complexity index is 738. The molecule has 0 saturated carbocycles. The van der Waals surface area contributed by atoms with Gasteiger partial charge in [0.05, 0.1) is 17.6 Å². The number of aromatic amines is 1. The molecule has 0 unspecified atom stereocenters. The number of H-pyrrole nitrogens is 1. The zero-order chi connectivity index (χ0) is 13.9. The second kappa shape index (κ2) is 5.30. The maximum absolute atomic E-state index is 5.95. The first kappa shape index (κ1) is 12.6. The van der Waals surface area contributed by atoms with Crippen LogP contribution in [0.15, 0.2) is 42.7 Å². The summed E-state index contributed by atoms with van der Waals surface area (Å²) < 4.78 is 0. The van der Waals surface area contributed by atoms with Crippen LogP contribution < -0.4 is 5.32 Å². The highest BCUT2D eigenvalue weighted by atomic mass is 35.5. The van der Waals surface area contributed by atoms with E-state index in [0.717, 1.165) is 22.9 Å². The molecule has 2 N–H and O–H groups in total. The average molecular weight is 286 g/mol. The van der Waals surface area contributed by atoms with Gasteiger partial charge in [-0.3, -0.25) is 0 Å². The Morgan fingerprint density at radius 1 is 1.20 bits per heavy atom. The van der Waals surface area contributed by atoms with E-state index < -0.39 is 0 Å². The number of halogens is 1. The van der Waals surface area contributed by atoms with E-state index in [9.17, 15) is 0 Å². The van der Waals surface area contributed by atoms with Crippen molar-refractivity contribution in [2.24, 2.45) is 0 Å². The van der Waals surface area contributed by atoms with Crippen LogP contribution in [0.3, 0.4) is 0 Å². The fraction of sp³-hybridized carbons (Fsp3) is 0.0714. The van der Waals surface area contributed by atoms with Gasteiger partial charge < -0.3 is 10.3 Å². The maximum atomic E-state index is 5.95. The number of hydrogen-bond acceptors (Lipinski definition) is 4. The Morgan fingerprint density at radius 2 is 2.10 bits per heavy atom. The zero-order valence-corrected chi connectivity index (χ0v) is 11.5. The Hall–Kier alpha value is -2.40. The van der Waals surface area contributed by atoms with Crippen molar-refractivity contribution < 1.29 is 0 Å². The maximum Gasteiger partial charge on any atom is 0.227 e. The van der Waals surface area contributed by atoms with Crippen LogP contribution in [0.25, 0.3) is 11.4 Å². The van der Waals surface area contributed by atoms with E-state index in [1.165, 1.54) is 0 Å². The van der Waals surface area contributed by atoms with E-state index in [1.807, 2.05) is 37.3 Å². The molecule has 3 rings (SSSR count). The number of anilines is 2. The standard InChI is InChI=1S/C14H12ClN5/c1-9-17-8-13(18-9)12-5-6-16-14(20-12)19-11-4-2-3-10(15)7-11/h2-8H,1H3,(H,17,18)(H,16,19,20). The summed E-state index contributed by atoms with van der Waals surface area (Å²) in [6.07, 6.45) is 3.45. The molecule has 0 aliphatic carbocycles. The summed E-state index contributed by atoms with van der Waals surface area (Å²) in [5, 5.41) is 3.78. The van der Waals surface area contributed by atoms with E-state index in [-0.39, 0.29) is 0 Å². The molecule has 0 radical (unpaired) electrons. The molecule has 2 aromatic heterocycles. The molecular formula is C14H12ClN5. The van der Waals surface area contributed by atoms with Gasteiger partial charge in [-0.15, -0.1) is 0 Å². The number of benzene rings is 1. The zero-order valence-electron chi connectivity index (χ0n) is 10.8. The van der Waals surface area contributed by atoms with Crippen LogP contribution in [-0.4, -0.2) is 19.9 Å². The number of rotatable bonds is 3. The van der Waals surface area contributed by atoms with Crippen molar-refractivity contribution in [3.8, 4) is 11.4 Å². The number of aryl methyl sites for hydroxylation is 1. The van der Waals surface area contributed by atoms with Crippen LogP contribution in [0.5, 0.6) is 0 Å². The van der Waals surface area contributed by atoms with E-state index >= 15 is 0 Å². The number of nitrogens with zero attached hydrogens (tertiary/aromatic N) is 3. The summed E-state index contributed by atoms with van der Waals surface area (Å²) in [4.78, 5) is 15.9. The molecule has 0 saturated heterocycles. The van der Waals surface area contributed by atoms with Gasteiger partial charge in [0.15, 0.2) is 0 Å². The lowest BCUT2D eigenvalue weighted by molar-refractivity contribution is 1.13. The molecule has 1 aromatic carbocycles. The van der Waals surface area contributed by atoms with Gasteiger partial charge in [0, 0.05) is 16.9 Å². The molecule has 6 heteroatoms. The fourth-order valence-electron chi connectivity index (χ4n) is 1.82. The van der Waals surface area contributed by atoms with Crippen molar-refractivity contribution >= 4 is 23.2 Å². The van der Waals surface area contributed by atoms with Crippen molar-refractivity contribution in [2.75, 3.05) is 5.32 Å². The molecule has 3 aromatic rings. The number of hydrogen-bond donors (Lipinski definition) is 2. The van der Waals surface area contributed by atoms with Crippen LogP contribution >= 0.6 is 11.6 Å². The molecule has 5 nitrogen and oxygen atoms in total. The Morgan fingerprint density at radius 3 is 2.85 bits per heavy atom. The summed E-state index contributed by atoms with van der Waals surface area (Å²) >= 11 is 5.95. The fourth-order valence-corrected chi connectivity index (χ4v) is 2.01. The van der Waals surface area contributed by atoms with Gasteiger partial charge in [0.25, 0.3) is 0 Å². The van der Waals surface area contributed by atoms with Crippen LogP contribution in [-0.2, 0) is 0 Å². The minimum atomic E-state index is 0.511. The Balaban J connectivity index is 1.88. The first-order valence-electron chi connectivity index (χ1n) is 6.08. The largest absolute Gasteiger partial charge is 0.341 e. The van der Waals surface area contributed by atoms with Gasteiger partial charge in [-0.2, -0.15) is 0 Å². The third kappa shape index (κ3) is 2.78. The molecule has 0 atom stereocenters. The van der Waals surface area contributed by atoms with Crippen LogP contribution in [0.1, 0.15) is 5.82 Å². The number of imidazole rings is 1. The quantitative estimate of drug-likeness (QED) is 0.772. The first-order valence-corrected chi connectivity index (χ1v) is 6.46. The SMILES string of the molecule is Cc1ncc(-c2ccnc(Nc3cccc(Cl)c3)n2)[nH]1. The Labute approximate surface area is 121 Å². The molecule has 0 amide bonds. The van der Waals surface area contributed by atoms with Crippen LogP contribution in [0.4, 0.5) is 11.6 Å². The molecule has 100 valence electrons. The Kier molecular flexibility index (Phi) is 3.35. The van der Waals surface area contributed by atoms with E-state index in [4.69, 9.17) is 11.6 Å². The molecule has 2 heterocycles. The number of aromatic nitrogens is 4. The molecule has 0 aliphatic rings. The smallest absolute Gasteiger partial charge is 0.227 e. The van der Waals surface area contributed by atoms with Crippen molar-refractivity contribution in [1.29, 1.82) is 0 Å². The second-order valence-electron chi connectivity index (χ2n) is 4.28. The van der Waals surface area contributed by atoms with E-state index in [1.54, 1.807) is 12.4 Å². The normalized spacial score (nSPS) is 10.5. The summed E-state index contributed by atoms with van der Waals surface area (Å²) in [5.41, 5.74) is 2.49. The second-order valence-corrected chi connectivity index (χ2v) is 4.72. The van der Waals surface area contributed by atoms with Crippen molar-refractivity contribution in [2.45, 2.75) is 6.92 Å². The van der Waals surface area contributed by atoms with Crippen LogP contribution in [0, 0.1) is 6.92 Å². The van der Waals surface area contributed by atoms with Crippen molar-refractivity contribution in [3.05, 3.63) is 53.6 Å².